The fraction of sp³-hybridized carbons (Fsp3) is 0.400. The fourth-order valence-electron chi connectivity index (χ4n) is 2.13. The molecule has 1 aromatic heterocycles. The highest BCUT2D eigenvalue weighted by Crippen LogP contribution is 2.31. The van der Waals surface area contributed by atoms with E-state index in [0.29, 0.717) is 29.9 Å². The summed E-state index contributed by atoms with van der Waals surface area (Å²) in [4.78, 5) is 29.8. The van der Waals surface area contributed by atoms with E-state index in [4.69, 9.17) is 9.47 Å². The number of nitro groups is 1. The van der Waals surface area contributed by atoms with Crippen LogP contribution in [0.25, 0.3) is 10.9 Å². The summed E-state index contributed by atoms with van der Waals surface area (Å²) in [7, 11) is 1.42. The van der Waals surface area contributed by atoms with Gasteiger partial charge in [-0.15, -0.1) is 0 Å². The summed E-state index contributed by atoms with van der Waals surface area (Å²) >= 11 is 1.14. The molecule has 0 bridgehead atoms. The highest BCUT2D eigenvalue weighted by Gasteiger charge is 2.20. The van der Waals surface area contributed by atoms with Crippen LogP contribution in [0, 0.1) is 10.1 Å². The Balaban J connectivity index is 2.16. The summed E-state index contributed by atoms with van der Waals surface area (Å²) in [5.74, 6) is 0.437. The predicted octanol–water partition coefficient (Wildman–Crippen LogP) is 3.25. The van der Waals surface area contributed by atoms with Crippen LogP contribution in [0.2, 0.25) is 0 Å². The summed E-state index contributed by atoms with van der Waals surface area (Å²) in [6.07, 6.45) is 0.668. The number of fused-ring (bicyclic) bond motifs is 1. The molecule has 25 heavy (non-hydrogen) atoms. The van der Waals surface area contributed by atoms with Crippen LogP contribution in [0.15, 0.2) is 18.2 Å². The maximum atomic E-state index is 11.8. The van der Waals surface area contributed by atoms with Crippen molar-refractivity contribution in [2.24, 2.45) is 0 Å². The molecule has 2 rings (SSSR count). The van der Waals surface area contributed by atoms with E-state index in [-0.39, 0.29) is 23.5 Å². The van der Waals surface area contributed by atoms with Crippen molar-refractivity contribution in [1.82, 2.24) is 4.98 Å². The Morgan fingerprint density at radius 2 is 2.16 bits per heavy atom. The first-order valence-corrected chi connectivity index (χ1v) is 8.41. The van der Waals surface area contributed by atoms with Crippen molar-refractivity contribution in [3.05, 3.63) is 34.0 Å². The number of nitro benzene ring substituents is 1. The van der Waals surface area contributed by atoms with Crippen LogP contribution in [0.3, 0.4) is 0 Å². The first kappa shape index (κ1) is 19.0. The van der Waals surface area contributed by atoms with Crippen LogP contribution in [0.1, 0.15) is 23.8 Å². The molecule has 0 aliphatic carbocycles. The molecular weight excluding hydrogens is 352 g/mol. The number of H-pyrrole nitrogens is 1. The van der Waals surface area contributed by atoms with E-state index < -0.39 is 10.9 Å². The number of aromatic amines is 1. The quantitative estimate of drug-likeness (QED) is 0.169. The van der Waals surface area contributed by atoms with Gasteiger partial charge in [0, 0.05) is 23.2 Å². The van der Waals surface area contributed by atoms with Gasteiger partial charge >= 0.3 is 5.97 Å². The number of rotatable bonds is 10. The molecule has 0 fully saturated rings. The van der Waals surface area contributed by atoms with Gasteiger partial charge in [-0.05, 0) is 25.5 Å². The summed E-state index contributed by atoms with van der Waals surface area (Å²) in [6, 6.07) is 4.47. The van der Waals surface area contributed by atoms with Gasteiger partial charge in [0.2, 0.25) is 0 Å². The van der Waals surface area contributed by atoms with Crippen molar-refractivity contribution in [3.8, 4) is 5.75 Å². The Hall–Kier alpha value is -2.30. The number of ether oxygens (including phenoxy) is 2. The minimum atomic E-state index is -0.564. The zero-order chi connectivity index (χ0) is 18.2. The Morgan fingerprint density at radius 3 is 2.84 bits per heavy atom. The topological polar surface area (TPSA) is 113 Å². The van der Waals surface area contributed by atoms with Gasteiger partial charge in [-0.2, -0.15) is 4.33 Å². The number of carbonyl (C=O) groups is 1. The van der Waals surface area contributed by atoms with Gasteiger partial charge in [0.25, 0.3) is 5.69 Å². The van der Waals surface area contributed by atoms with E-state index in [1.165, 1.54) is 19.2 Å². The van der Waals surface area contributed by atoms with Gasteiger partial charge in [0.1, 0.15) is 17.0 Å². The molecule has 0 saturated carbocycles. The molecule has 9 nitrogen and oxygen atoms in total. The highest BCUT2D eigenvalue weighted by molar-refractivity contribution is 7.94. The smallest absolute Gasteiger partial charge is 0.354 e. The molecule has 0 atom stereocenters. The minimum absolute atomic E-state index is 0.158. The molecule has 0 aliphatic rings. The minimum Gasteiger partial charge on any atom is -0.493 e. The average molecular weight is 370 g/mol. The number of aromatic nitrogens is 1. The zero-order valence-electron chi connectivity index (χ0n) is 13.8. The number of hydrogen-bond donors (Lipinski definition) is 1. The van der Waals surface area contributed by atoms with Crippen molar-refractivity contribution in [3.63, 3.8) is 0 Å². The van der Waals surface area contributed by atoms with Crippen molar-refractivity contribution < 1.29 is 28.4 Å². The second-order valence-electron chi connectivity index (χ2n) is 4.83. The largest absolute Gasteiger partial charge is 0.493 e. The molecule has 1 heterocycles. The summed E-state index contributed by atoms with van der Waals surface area (Å²) in [5, 5.41) is 11.8. The second kappa shape index (κ2) is 9.25. The number of esters is 1. The number of benzene rings is 1. The van der Waals surface area contributed by atoms with E-state index >= 15 is 0 Å². The van der Waals surface area contributed by atoms with Crippen LogP contribution in [0.5, 0.6) is 5.75 Å². The number of nitrogens with one attached hydrogen (secondary N) is 1. The molecule has 0 amide bonds. The van der Waals surface area contributed by atoms with Crippen LogP contribution < -0.4 is 4.74 Å². The predicted molar refractivity (Wildman–Crippen MR) is 91.6 cm³/mol. The molecule has 0 aliphatic heterocycles. The lowest BCUT2D eigenvalue weighted by atomic mass is 10.2. The average Bonchev–Trinajstić information content (AvgIpc) is 3.01. The number of non-ortho nitro benzene ring substituents is 1. The molecule has 0 saturated heterocycles. The third-order valence-electron chi connectivity index (χ3n) is 3.13. The standard InChI is InChI=1S/C15H18N2O7S/c1-3-22-15(18)12-8-10-7-11(23-5-4-6-25-24-21-2)9-13(17(19)20)14(10)16-12/h7-9,16H,3-6H2,1-2H3. The molecule has 2 aromatic rings. The van der Waals surface area contributed by atoms with Crippen molar-refractivity contribution in [2.75, 3.05) is 26.1 Å². The maximum Gasteiger partial charge on any atom is 0.354 e. The van der Waals surface area contributed by atoms with Crippen molar-refractivity contribution >= 4 is 34.6 Å². The number of hydrogen-bond acceptors (Lipinski definition) is 8. The van der Waals surface area contributed by atoms with E-state index in [1.54, 1.807) is 13.0 Å². The van der Waals surface area contributed by atoms with E-state index in [2.05, 4.69) is 14.2 Å². The van der Waals surface area contributed by atoms with E-state index in [9.17, 15) is 14.9 Å². The molecule has 0 radical (unpaired) electrons. The molecule has 1 N–H and O–H groups in total. The van der Waals surface area contributed by atoms with Crippen LogP contribution in [0.4, 0.5) is 5.69 Å². The SMILES string of the molecule is CCOC(=O)c1cc2cc(OCCCSOOC)cc([N+](=O)[O-])c2[nH]1. The van der Waals surface area contributed by atoms with Gasteiger partial charge in [-0.3, -0.25) is 10.1 Å². The highest BCUT2D eigenvalue weighted by atomic mass is 32.2. The van der Waals surface area contributed by atoms with Crippen molar-refractivity contribution in [1.29, 1.82) is 0 Å². The monoisotopic (exact) mass is 370 g/mol. The van der Waals surface area contributed by atoms with E-state index in [0.717, 1.165) is 12.0 Å². The fourth-order valence-corrected chi connectivity index (χ4v) is 2.53. The Morgan fingerprint density at radius 1 is 1.36 bits per heavy atom. The van der Waals surface area contributed by atoms with Crippen molar-refractivity contribution in [2.45, 2.75) is 13.3 Å². The zero-order valence-corrected chi connectivity index (χ0v) is 14.6. The maximum absolute atomic E-state index is 11.8. The molecule has 0 unspecified atom stereocenters. The first-order chi connectivity index (χ1) is 12.1. The Labute approximate surface area is 147 Å². The first-order valence-electron chi connectivity index (χ1n) is 7.50. The summed E-state index contributed by atoms with van der Waals surface area (Å²) in [6.45, 7) is 2.26. The van der Waals surface area contributed by atoms with Gasteiger partial charge < -0.3 is 14.5 Å². The Kier molecular flexibility index (Phi) is 7.04. The molecule has 0 spiro atoms. The van der Waals surface area contributed by atoms with Crippen LogP contribution in [-0.4, -0.2) is 42.0 Å². The van der Waals surface area contributed by atoms with Gasteiger partial charge in [0.05, 0.1) is 31.3 Å². The Bertz CT molecular complexity index is 747. The lowest BCUT2D eigenvalue weighted by Gasteiger charge is -2.06. The second-order valence-corrected chi connectivity index (χ2v) is 5.61. The van der Waals surface area contributed by atoms with Gasteiger partial charge in [-0.1, -0.05) is 0 Å². The molecular formula is C15H18N2O7S. The summed E-state index contributed by atoms with van der Waals surface area (Å²) in [5.41, 5.74) is 0.245. The van der Waals surface area contributed by atoms with Gasteiger partial charge in [0.15, 0.2) is 0 Å². The molecule has 1 aromatic carbocycles. The number of nitrogens with zero attached hydrogens (tertiary/aromatic N) is 1. The molecule has 136 valence electrons. The lowest BCUT2D eigenvalue weighted by molar-refractivity contribution is -0.383. The summed E-state index contributed by atoms with van der Waals surface area (Å²) < 4.78 is 15.1. The normalized spacial score (nSPS) is 10.8. The third-order valence-corrected chi connectivity index (χ3v) is 3.82. The van der Waals surface area contributed by atoms with Gasteiger partial charge in [-0.25, -0.2) is 9.68 Å². The lowest BCUT2D eigenvalue weighted by Crippen LogP contribution is -2.04. The van der Waals surface area contributed by atoms with Crippen LogP contribution >= 0.6 is 12.0 Å². The number of carbonyl (C=O) groups excluding carboxylic acids is 1. The van der Waals surface area contributed by atoms with Crippen LogP contribution in [-0.2, 0) is 14.0 Å². The third kappa shape index (κ3) is 5.08. The van der Waals surface area contributed by atoms with E-state index in [1.807, 2.05) is 0 Å². The molecule has 10 heteroatoms.